The fraction of sp³-hybridized carbons (Fsp3) is 0.714. The lowest BCUT2D eigenvalue weighted by atomic mass is 10.2. The van der Waals surface area contributed by atoms with Gasteiger partial charge in [0.15, 0.2) is 0 Å². The van der Waals surface area contributed by atoms with Gasteiger partial charge in [0, 0.05) is 25.3 Å². The van der Waals surface area contributed by atoms with E-state index in [0.29, 0.717) is 19.1 Å². The summed E-state index contributed by atoms with van der Waals surface area (Å²) in [6, 6.07) is 0.0370. The van der Waals surface area contributed by atoms with E-state index < -0.39 is 12.7 Å². The lowest BCUT2D eigenvalue weighted by molar-refractivity contribution is -0.142. The van der Waals surface area contributed by atoms with Gasteiger partial charge in [-0.3, -0.25) is 9.58 Å². The summed E-state index contributed by atoms with van der Waals surface area (Å²) in [4.78, 5) is 16.2. The van der Waals surface area contributed by atoms with Gasteiger partial charge in [0.2, 0.25) is 0 Å². The van der Waals surface area contributed by atoms with Crippen LogP contribution in [0.15, 0.2) is 12.4 Å². The standard InChI is InChI=1S/C14H22F3N5O/c1-3-20(4-2)12-5-6-21(9-12)13(23)19-11-7-18-22(8-11)10-14(15,16)17/h7-8,12H,3-6,9-10H2,1-2H3,(H,19,23). The Morgan fingerprint density at radius 3 is 2.74 bits per heavy atom. The van der Waals surface area contributed by atoms with Crippen LogP contribution in [-0.2, 0) is 6.54 Å². The van der Waals surface area contributed by atoms with Crippen LogP contribution in [-0.4, -0.2) is 64.0 Å². The number of alkyl halides is 3. The number of nitrogens with one attached hydrogen (secondary N) is 1. The quantitative estimate of drug-likeness (QED) is 0.900. The maximum atomic E-state index is 12.3. The minimum atomic E-state index is -4.33. The average Bonchev–Trinajstić information content (AvgIpc) is 3.08. The molecular formula is C14H22F3N5O. The molecule has 1 aromatic heterocycles. The van der Waals surface area contributed by atoms with Crippen LogP contribution in [0, 0.1) is 0 Å². The maximum absolute atomic E-state index is 12.3. The molecule has 2 heterocycles. The van der Waals surface area contributed by atoms with Crippen molar-refractivity contribution in [2.45, 2.75) is 39.0 Å². The van der Waals surface area contributed by atoms with Crippen molar-refractivity contribution in [1.29, 1.82) is 0 Å². The van der Waals surface area contributed by atoms with Crippen molar-refractivity contribution < 1.29 is 18.0 Å². The van der Waals surface area contributed by atoms with Gasteiger partial charge in [-0.1, -0.05) is 13.8 Å². The van der Waals surface area contributed by atoms with Crippen molar-refractivity contribution in [3.63, 3.8) is 0 Å². The van der Waals surface area contributed by atoms with Gasteiger partial charge in [-0.05, 0) is 19.5 Å². The van der Waals surface area contributed by atoms with Crippen LogP contribution >= 0.6 is 0 Å². The Morgan fingerprint density at radius 1 is 1.43 bits per heavy atom. The van der Waals surface area contributed by atoms with Gasteiger partial charge in [0.05, 0.1) is 11.9 Å². The molecule has 6 nitrogen and oxygen atoms in total. The number of amides is 2. The SMILES string of the molecule is CCN(CC)C1CCN(C(=O)Nc2cnn(CC(F)(F)F)c2)C1. The summed E-state index contributed by atoms with van der Waals surface area (Å²) in [6.45, 7) is 6.13. The van der Waals surface area contributed by atoms with E-state index >= 15 is 0 Å². The van der Waals surface area contributed by atoms with Gasteiger partial charge in [0.25, 0.3) is 0 Å². The monoisotopic (exact) mass is 333 g/mol. The van der Waals surface area contributed by atoms with Gasteiger partial charge >= 0.3 is 12.2 Å². The molecule has 1 unspecified atom stereocenters. The molecule has 1 fully saturated rings. The van der Waals surface area contributed by atoms with Gasteiger partial charge in [-0.15, -0.1) is 0 Å². The molecule has 1 saturated heterocycles. The minimum Gasteiger partial charge on any atom is -0.323 e. The van der Waals surface area contributed by atoms with Crippen molar-refractivity contribution in [2.75, 3.05) is 31.5 Å². The molecule has 1 aliphatic rings. The summed E-state index contributed by atoms with van der Waals surface area (Å²) in [5.74, 6) is 0. The Hall–Kier alpha value is -1.77. The number of anilines is 1. The van der Waals surface area contributed by atoms with Gasteiger partial charge < -0.3 is 10.2 Å². The molecule has 2 rings (SSSR count). The van der Waals surface area contributed by atoms with Crippen LogP contribution < -0.4 is 5.32 Å². The van der Waals surface area contributed by atoms with E-state index in [-0.39, 0.29) is 11.7 Å². The number of rotatable bonds is 5. The Labute approximate surface area is 133 Å². The first kappa shape index (κ1) is 17.6. The smallest absolute Gasteiger partial charge is 0.323 e. The Morgan fingerprint density at radius 2 is 2.13 bits per heavy atom. The van der Waals surface area contributed by atoms with E-state index in [0.717, 1.165) is 24.2 Å². The number of halogens is 3. The topological polar surface area (TPSA) is 53.4 Å². The average molecular weight is 333 g/mol. The minimum absolute atomic E-state index is 0.269. The van der Waals surface area contributed by atoms with Crippen LogP contribution in [0.5, 0.6) is 0 Å². The van der Waals surface area contributed by atoms with Crippen molar-refractivity contribution in [1.82, 2.24) is 19.6 Å². The second kappa shape index (κ2) is 7.20. The highest BCUT2D eigenvalue weighted by Crippen LogP contribution is 2.19. The number of likely N-dealkylation sites (tertiary alicyclic amines) is 1. The Bertz CT molecular complexity index is 527. The number of aromatic nitrogens is 2. The molecule has 0 bridgehead atoms. The molecular weight excluding hydrogens is 311 g/mol. The summed E-state index contributed by atoms with van der Waals surface area (Å²) in [5.41, 5.74) is 0.269. The zero-order valence-corrected chi connectivity index (χ0v) is 13.3. The summed E-state index contributed by atoms with van der Waals surface area (Å²) >= 11 is 0. The lowest BCUT2D eigenvalue weighted by Crippen LogP contribution is -2.39. The van der Waals surface area contributed by atoms with Crippen molar-refractivity contribution in [2.24, 2.45) is 0 Å². The lowest BCUT2D eigenvalue weighted by Gasteiger charge is -2.26. The number of hydrogen-bond donors (Lipinski definition) is 1. The predicted octanol–water partition coefficient (Wildman–Crippen LogP) is 2.39. The third-order valence-corrected chi connectivity index (χ3v) is 4.01. The van der Waals surface area contributed by atoms with Crippen LogP contribution in [0.2, 0.25) is 0 Å². The fourth-order valence-corrected chi connectivity index (χ4v) is 2.87. The van der Waals surface area contributed by atoms with Gasteiger partial charge in [-0.25, -0.2) is 4.79 Å². The maximum Gasteiger partial charge on any atom is 0.408 e. The first-order valence-corrected chi connectivity index (χ1v) is 7.71. The summed E-state index contributed by atoms with van der Waals surface area (Å²) in [5, 5.41) is 6.21. The molecule has 9 heteroatoms. The number of urea groups is 1. The Balaban J connectivity index is 1.88. The number of nitrogens with zero attached hydrogens (tertiary/aromatic N) is 4. The van der Waals surface area contributed by atoms with Crippen LogP contribution in [0.4, 0.5) is 23.7 Å². The third-order valence-electron chi connectivity index (χ3n) is 4.01. The molecule has 0 radical (unpaired) electrons. The van der Waals surface area contributed by atoms with E-state index in [2.05, 4.69) is 29.2 Å². The van der Waals surface area contributed by atoms with Gasteiger partial charge in [0.1, 0.15) is 6.54 Å². The number of carbonyl (C=O) groups is 1. The molecule has 1 N–H and O–H groups in total. The highest BCUT2D eigenvalue weighted by Gasteiger charge is 2.30. The first-order valence-electron chi connectivity index (χ1n) is 7.71. The molecule has 1 aliphatic heterocycles. The van der Waals surface area contributed by atoms with Crippen molar-refractivity contribution in [3.8, 4) is 0 Å². The zero-order valence-electron chi connectivity index (χ0n) is 13.3. The summed E-state index contributed by atoms with van der Waals surface area (Å²) < 4.78 is 37.6. The van der Waals surface area contributed by atoms with Crippen LogP contribution in [0.25, 0.3) is 0 Å². The highest BCUT2D eigenvalue weighted by atomic mass is 19.4. The molecule has 130 valence electrons. The zero-order chi connectivity index (χ0) is 17.0. The normalized spacial score (nSPS) is 18.7. The molecule has 0 aromatic carbocycles. The highest BCUT2D eigenvalue weighted by molar-refractivity contribution is 5.89. The number of hydrogen-bond acceptors (Lipinski definition) is 3. The van der Waals surface area contributed by atoms with Crippen molar-refractivity contribution in [3.05, 3.63) is 12.4 Å². The molecule has 1 atom stereocenters. The van der Waals surface area contributed by atoms with Crippen LogP contribution in [0.1, 0.15) is 20.3 Å². The summed E-state index contributed by atoms with van der Waals surface area (Å²) in [7, 11) is 0. The van der Waals surface area contributed by atoms with Crippen molar-refractivity contribution >= 4 is 11.7 Å². The fourth-order valence-electron chi connectivity index (χ4n) is 2.87. The van der Waals surface area contributed by atoms with Crippen LogP contribution in [0.3, 0.4) is 0 Å². The Kier molecular flexibility index (Phi) is 5.51. The second-order valence-corrected chi connectivity index (χ2v) is 5.58. The predicted molar refractivity (Wildman–Crippen MR) is 80.2 cm³/mol. The summed E-state index contributed by atoms with van der Waals surface area (Å²) in [6.07, 6.45) is -1.02. The molecule has 23 heavy (non-hydrogen) atoms. The molecule has 0 spiro atoms. The van der Waals surface area contributed by atoms with E-state index in [1.54, 1.807) is 4.90 Å². The largest absolute Gasteiger partial charge is 0.408 e. The van der Waals surface area contributed by atoms with E-state index in [1.165, 1.54) is 12.4 Å². The van der Waals surface area contributed by atoms with E-state index in [9.17, 15) is 18.0 Å². The molecule has 0 aliphatic carbocycles. The second-order valence-electron chi connectivity index (χ2n) is 5.58. The first-order chi connectivity index (χ1) is 10.8. The third kappa shape index (κ3) is 4.85. The van der Waals surface area contributed by atoms with E-state index in [4.69, 9.17) is 0 Å². The number of likely N-dealkylation sites (N-methyl/N-ethyl adjacent to an activating group) is 1. The van der Waals surface area contributed by atoms with Gasteiger partial charge in [-0.2, -0.15) is 18.3 Å². The van der Waals surface area contributed by atoms with E-state index in [1.807, 2.05) is 0 Å². The molecule has 0 saturated carbocycles. The molecule has 2 amide bonds. The molecule has 1 aromatic rings. The number of carbonyl (C=O) groups excluding carboxylic acids is 1.